The number of methoxy groups -OCH3 is 1. The second-order valence-electron chi connectivity index (χ2n) is 7.37. The third-order valence-corrected chi connectivity index (χ3v) is 5.03. The van der Waals surface area contributed by atoms with Crippen molar-refractivity contribution in [3.05, 3.63) is 71.7 Å². The molecule has 0 saturated heterocycles. The maximum absolute atomic E-state index is 14.9. The largest absolute Gasteiger partial charge is 0.416 e. The van der Waals surface area contributed by atoms with E-state index >= 15 is 0 Å². The number of hydrogen-bond acceptors (Lipinski definition) is 5. The Balaban J connectivity index is 1.61. The number of amides is 2. The molecule has 0 radical (unpaired) electrons. The number of nitrogens with one attached hydrogen (secondary N) is 2. The van der Waals surface area contributed by atoms with Gasteiger partial charge in [0, 0.05) is 24.4 Å². The fourth-order valence-electron chi connectivity index (χ4n) is 3.52. The first kappa shape index (κ1) is 23.9. The average Bonchev–Trinajstić information content (AvgIpc) is 3.15. The summed E-state index contributed by atoms with van der Waals surface area (Å²) in [4.78, 5) is 16.2. The number of carbonyl (C=O) groups is 1. The van der Waals surface area contributed by atoms with Crippen molar-refractivity contribution in [3.8, 4) is 11.1 Å². The van der Waals surface area contributed by atoms with Crippen LogP contribution >= 0.6 is 0 Å². The Hall–Kier alpha value is -4.26. The maximum atomic E-state index is 14.9. The van der Waals surface area contributed by atoms with Crippen LogP contribution in [0.15, 0.2) is 48.9 Å². The molecule has 2 aromatic heterocycles. The van der Waals surface area contributed by atoms with Crippen molar-refractivity contribution in [1.82, 2.24) is 14.6 Å². The molecule has 0 aliphatic heterocycles. The van der Waals surface area contributed by atoms with Gasteiger partial charge in [0.05, 0.1) is 23.5 Å². The van der Waals surface area contributed by atoms with Gasteiger partial charge in [-0.25, -0.2) is 23.1 Å². The molecular weight excluding hydrogens is 475 g/mol. The lowest BCUT2D eigenvalue weighted by molar-refractivity contribution is -0.137. The number of alkyl halides is 3. The normalized spacial score (nSPS) is 11.6. The summed E-state index contributed by atoms with van der Waals surface area (Å²) in [6.07, 6.45) is -1.81. The Morgan fingerprint density at radius 3 is 2.51 bits per heavy atom. The second kappa shape index (κ2) is 9.18. The summed E-state index contributed by atoms with van der Waals surface area (Å²) < 4.78 is 74.1. The lowest BCUT2D eigenvalue weighted by atomic mass is 10.0. The van der Waals surface area contributed by atoms with Crippen LogP contribution in [0.4, 0.5) is 43.9 Å². The van der Waals surface area contributed by atoms with Gasteiger partial charge in [0.1, 0.15) is 23.5 Å². The number of fused-ring (bicyclic) bond motifs is 1. The van der Waals surface area contributed by atoms with Crippen LogP contribution in [0.25, 0.3) is 16.6 Å². The van der Waals surface area contributed by atoms with Crippen molar-refractivity contribution in [3.63, 3.8) is 0 Å². The molecular formula is C22H17F5N6O2. The molecule has 13 heteroatoms. The number of hydrogen-bond donors (Lipinski definition) is 3. The fraction of sp³-hybridized carbons (Fsp3) is 0.136. The van der Waals surface area contributed by atoms with E-state index in [0.717, 1.165) is 6.07 Å². The van der Waals surface area contributed by atoms with Crippen LogP contribution < -0.4 is 16.4 Å². The van der Waals surface area contributed by atoms with Crippen LogP contribution in [-0.4, -0.2) is 27.7 Å². The SMILES string of the molecule is COCc1cn2ncnc(N)c2c1-c1ccc(NC(=O)Nc2cc(C(F)(F)F)ccc2F)c(F)c1. The van der Waals surface area contributed by atoms with Crippen LogP contribution in [0.2, 0.25) is 0 Å². The first-order valence-electron chi connectivity index (χ1n) is 9.92. The van der Waals surface area contributed by atoms with Gasteiger partial charge in [0.25, 0.3) is 0 Å². The molecule has 0 spiro atoms. The van der Waals surface area contributed by atoms with E-state index in [-0.39, 0.29) is 18.1 Å². The topological polar surface area (TPSA) is 107 Å². The summed E-state index contributed by atoms with van der Waals surface area (Å²) in [5.74, 6) is -1.79. The first-order valence-corrected chi connectivity index (χ1v) is 9.92. The highest BCUT2D eigenvalue weighted by Crippen LogP contribution is 2.35. The van der Waals surface area contributed by atoms with Gasteiger partial charge in [-0.1, -0.05) is 6.07 Å². The van der Waals surface area contributed by atoms with Gasteiger partial charge in [-0.05, 0) is 35.9 Å². The van der Waals surface area contributed by atoms with E-state index in [0.29, 0.717) is 40.4 Å². The number of nitrogens with zero attached hydrogens (tertiary/aromatic N) is 3. The minimum atomic E-state index is -4.73. The van der Waals surface area contributed by atoms with E-state index in [1.165, 1.54) is 30.1 Å². The number of carbonyl (C=O) groups excluding carboxylic acids is 1. The molecule has 0 unspecified atom stereocenters. The second-order valence-corrected chi connectivity index (χ2v) is 7.37. The number of urea groups is 1. The Labute approximate surface area is 194 Å². The summed E-state index contributed by atoms with van der Waals surface area (Å²) in [5.41, 5.74) is 5.81. The van der Waals surface area contributed by atoms with Crippen LogP contribution in [0.1, 0.15) is 11.1 Å². The van der Waals surface area contributed by atoms with E-state index in [1.54, 1.807) is 6.20 Å². The highest BCUT2D eigenvalue weighted by atomic mass is 19.4. The Morgan fingerprint density at radius 1 is 1.09 bits per heavy atom. The lowest BCUT2D eigenvalue weighted by Crippen LogP contribution is -2.21. The van der Waals surface area contributed by atoms with Gasteiger partial charge in [-0.2, -0.15) is 18.3 Å². The molecule has 182 valence electrons. The molecule has 0 aliphatic carbocycles. The zero-order valence-corrected chi connectivity index (χ0v) is 18.0. The van der Waals surface area contributed by atoms with Crippen molar-refractivity contribution in [2.24, 2.45) is 0 Å². The number of benzene rings is 2. The smallest absolute Gasteiger partial charge is 0.382 e. The lowest BCUT2D eigenvalue weighted by Gasteiger charge is -2.13. The van der Waals surface area contributed by atoms with E-state index in [4.69, 9.17) is 10.5 Å². The molecule has 2 amide bonds. The molecule has 0 bridgehead atoms. The fourth-order valence-corrected chi connectivity index (χ4v) is 3.52. The first-order chi connectivity index (χ1) is 16.6. The summed E-state index contributed by atoms with van der Waals surface area (Å²) in [6, 6.07) is 4.28. The third-order valence-electron chi connectivity index (χ3n) is 5.03. The standard InChI is InChI=1S/C22H17F5N6O2/c1-35-9-12-8-33-19(20(28)29-10-30-33)18(12)11-2-5-16(15(24)6-11)31-21(34)32-17-7-13(22(25,26)27)3-4-14(17)23/h2-8,10H,9H2,1H3,(H2,28,29,30)(H2,31,32,34). The van der Waals surface area contributed by atoms with Gasteiger partial charge in [-0.3, -0.25) is 0 Å². The van der Waals surface area contributed by atoms with Crippen LogP contribution in [0, 0.1) is 11.6 Å². The Kier molecular flexibility index (Phi) is 6.26. The van der Waals surface area contributed by atoms with Crippen molar-refractivity contribution in [2.45, 2.75) is 12.8 Å². The monoisotopic (exact) mass is 492 g/mol. The van der Waals surface area contributed by atoms with Gasteiger partial charge in [-0.15, -0.1) is 0 Å². The van der Waals surface area contributed by atoms with Crippen LogP contribution in [-0.2, 0) is 17.5 Å². The van der Waals surface area contributed by atoms with Gasteiger partial charge in [0.2, 0.25) is 0 Å². The molecule has 2 aromatic carbocycles. The van der Waals surface area contributed by atoms with Crippen molar-refractivity contribution < 1.29 is 31.5 Å². The molecule has 0 saturated carbocycles. The van der Waals surface area contributed by atoms with Crippen LogP contribution in [0.3, 0.4) is 0 Å². The van der Waals surface area contributed by atoms with Crippen molar-refractivity contribution in [2.75, 3.05) is 23.5 Å². The molecule has 8 nitrogen and oxygen atoms in total. The van der Waals surface area contributed by atoms with Gasteiger partial charge >= 0.3 is 12.2 Å². The third kappa shape index (κ3) is 4.84. The molecule has 0 atom stereocenters. The number of nitrogen functional groups attached to an aromatic ring is 1. The molecule has 0 aliphatic rings. The molecule has 35 heavy (non-hydrogen) atoms. The predicted octanol–water partition coefficient (Wildman–Crippen LogP) is 5.07. The molecule has 4 rings (SSSR count). The predicted molar refractivity (Wildman–Crippen MR) is 118 cm³/mol. The number of aromatic nitrogens is 3. The quantitative estimate of drug-likeness (QED) is 0.338. The van der Waals surface area contributed by atoms with Crippen molar-refractivity contribution >= 4 is 28.7 Å². The van der Waals surface area contributed by atoms with E-state index in [2.05, 4.69) is 15.4 Å². The minimum absolute atomic E-state index is 0.155. The zero-order chi connectivity index (χ0) is 25.3. The highest BCUT2D eigenvalue weighted by Gasteiger charge is 2.31. The summed E-state index contributed by atoms with van der Waals surface area (Å²) in [6.45, 7) is 0.171. The number of halogens is 5. The molecule has 0 fully saturated rings. The highest BCUT2D eigenvalue weighted by molar-refractivity contribution is 6.00. The summed E-state index contributed by atoms with van der Waals surface area (Å²) >= 11 is 0. The van der Waals surface area contributed by atoms with Crippen molar-refractivity contribution in [1.29, 1.82) is 0 Å². The molecule has 4 aromatic rings. The molecule has 4 N–H and O–H groups in total. The van der Waals surface area contributed by atoms with E-state index in [9.17, 15) is 26.7 Å². The van der Waals surface area contributed by atoms with Gasteiger partial charge in [0.15, 0.2) is 5.82 Å². The van der Waals surface area contributed by atoms with E-state index < -0.39 is 35.1 Å². The Morgan fingerprint density at radius 2 is 1.83 bits per heavy atom. The number of rotatable bonds is 5. The van der Waals surface area contributed by atoms with E-state index in [1.807, 2.05) is 5.32 Å². The maximum Gasteiger partial charge on any atom is 0.416 e. The number of ether oxygens (including phenoxy) is 1. The summed E-state index contributed by atoms with van der Waals surface area (Å²) in [5, 5.41) is 8.19. The zero-order valence-electron chi connectivity index (χ0n) is 18.0. The minimum Gasteiger partial charge on any atom is -0.382 e. The average molecular weight is 492 g/mol. The molecule has 2 heterocycles. The summed E-state index contributed by atoms with van der Waals surface area (Å²) in [7, 11) is 1.49. The number of anilines is 3. The number of nitrogens with two attached hydrogens (primary N) is 1. The van der Waals surface area contributed by atoms with Gasteiger partial charge < -0.3 is 21.1 Å². The Bertz CT molecular complexity index is 1420. The van der Waals surface area contributed by atoms with Crippen LogP contribution in [0.5, 0.6) is 0 Å².